The van der Waals surface area contributed by atoms with E-state index in [1.54, 1.807) is 0 Å². The SMILES string of the molecule is CCC(C)(O)C(C)(C)C.C[N+](C)(C)CC(O)CNN. The molecule has 118 valence electrons. The van der Waals surface area contributed by atoms with Crippen molar-refractivity contribution in [1.82, 2.24) is 5.43 Å². The third-order valence-electron chi connectivity index (χ3n) is 3.42. The topological polar surface area (TPSA) is 78.5 Å². The number of rotatable bonds is 5. The molecule has 0 aromatic rings. The van der Waals surface area contributed by atoms with Gasteiger partial charge in [-0.05, 0) is 18.8 Å². The lowest BCUT2D eigenvalue weighted by Crippen LogP contribution is -2.45. The second kappa shape index (κ2) is 8.17. The highest BCUT2D eigenvalue weighted by Gasteiger charge is 2.32. The second-order valence-electron chi connectivity index (χ2n) is 7.41. The lowest BCUT2D eigenvalue weighted by atomic mass is 9.76. The molecule has 0 aliphatic rings. The number of hydrogen-bond acceptors (Lipinski definition) is 4. The monoisotopic (exact) mass is 278 g/mol. The van der Waals surface area contributed by atoms with E-state index in [1.807, 2.05) is 35.0 Å². The number of nitrogens with one attached hydrogen (secondary N) is 1. The smallest absolute Gasteiger partial charge is 0.117 e. The van der Waals surface area contributed by atoms with Crippen LogP contribution in [0, 0.1) is 5.41 Å². The quantitative estimate of drug-likeness (QED) is 0.339. The Balaban J connectivity index is 0. The Morgan fingerprint density at radius 1 is 1.16 bits per heavy atom. The maximum absolute atomic E-state index is 9.66. The minimum Gasteiger partial charge on any atom is -0.390 e. The number of aliphatic hydroxyl groups excluding tert-OH is 1. The molecule has 5 N–H and O–H groups in total. The van der Waals surface area contributed by atoms with Crippen LogP contribution in [0.5, 0.6) is 0 Å². The van der Waals surface area contributed by atoms with Gasteiger partial charge in [0.05, 0.1) is 26.7 Å². The Morgan fingerprint density at radius 3 is 1.74 bits per heavy atom. The Labute approximate surface area is 119 Å². The maximum Gasteiger partial charge on any atom is 0.117 e. The summed E-state index contributed by atoms with van der Waals surface area (Å²) in [5.74, 6) is 5.03. The van der Waals surface area contributed by atoms with E-state index in [0.29, 0.717) is 13.1 Å². The molecule has 0 radical (unpaired) electrons. The Kier molecular flexibility index (Phi) is 9.07. The minimum atomic E-state index is -0.521. The van der Waals surface area contributed by atoms with E-state index in [1.165, 1.54) is 0 Å². The molecule has 0 heterocycles. The van der Waals surface area contributed by atoms with Gasteiger partial charge in [-0.25, -0.2) is 0 Å². The average Bonchev–Trinajstić information content (AvgIpc) is 2.14. The first kappa shape index (κ1) is 21.1. The number of likely N-dealkylation sites (N-methyl/N-ethyl adjacent to an activating group) is 1. The van der Waals surface area contributed by atoms with Gasteiger partial charge in [0, 0.05) is 6.54 Å². The van der Waals surface area contributed by atoms with Crippen LogP contribution in [-0.4, -0.2) is 60.6 Å². The summed E-state index contributed by atoms with van der Waals surface area (Å²) >= 11 is 0. The Morgan fingerprint density at radius 2 is 1.58 bits per heavy atom. The van der Waals surface area contributed by atoms with Crippen LogP contribution in [0.3, 0.4) is 0 Å². The highest BCUT2D eigenvalue weighted by molar-refractivity contribution is 4.84. The first-order chi connectivity index (χ1) is 8.27. The van der Waals surface area contributed by atoms with Gasteiger partial charge in [-0.3, -0.25) is 11.3 Å². The van der Waals surface area contributed by atoms with Crippen molar-refractivity contribution < 1.29 is 14.7 Å². The van der Waals surface area contributed by atoms with E-state index in [0.717, 1.165) is 10.9 Å². The molecular formula is C14H36N3O2+. The molecule has 2 atom stereocenters. The van der Waals surface area contributed by atoms with Crippen LogP contribution in [0.15, 0.2) is 0 Å². The van der Waals surface area contributed by atoms with E-state index in [-0.39, 0.29) is 11.5 Å². The average molecular weight is 278 g/mol. The number of aliphatic hydroxyl groups is 2. The van der Waals surface area contributed by atoms with Crippen molar-refractivity contribution in [2.45, 2.75) is 52.7 Å². The van der Waals surface area contributed by atoms with E-state index in [4.69, 9.17) is 5.84 Å². The molecule has 0 rings (SSSR count). The number of nitrogens with two attached hydrogens (primary N) is 1. The molecule has 19 heavy (non-hydrogen) atoms. The van der Waals surface area contributed by atoms with Crippen LogP contribution in [0.4, 0.5) is 0 Å². The van der Waals surface area contributed by atoms with Crippen LogP contribution in [0.25, 0.3) is 0 Å². The molecule has 0 saturated carbocycles. The number of quaternary nitrogens is 1. The second-order valence-corrected chi connectivity index (χ2v) is 7.41. The normalized spacial score (nSPS) is 17.2. The molecule has 0 spiro atoms. The summed E-state index contributed by atoms with van der Waals surface area (Å²) in [6.07, 6.45) is 0.459. The summed E-state index contributed by atoms with van der Waals surface area (Å²) < 4.78 is 0.753. The molecule has 0 amide bonds. The van der Waals surface area contributed by atoms with Gasteiger partial charge in [0.1, 0.15) is 12.6 Å². The number of hydrogen-bond donors (Lipinski definition) is 4. The van der Waals surface area contributed by atoms with Crippen molar-refractivity contribution in [1.29, 1.82) is 0 Å². The van der Waals surface area contributed by atoms with Crippen LogP contribution in [0.1, 0.15) is 41.0 Å². The predicted molar refractivity (Wildman–Crippen MR) is 81.5 cm³/mol. The summed E-state index contributed by atoms with van der Waals surface area (Å²) in [5, 5.41) is 18.9. The molecule has 0 fully saturated rings. The van der Waals surface area contributed by atoms with Crippen LogP contribution >= 0.6 is 0 Å². The largest absolute Gasteiger partial charge is 0.390 e. The highest BCUT2D eigenvalue weighted by atomic mass is 16.3. The van der Waals surface area contributed by atoms with Gasteiger partial charge in [0.2, 0.25) is 0 Å². The van der Waals surface area contributed by atoms with Crippen LogP contribution in [0.2, 0.25) is 0 Å². The molecule has 0 aliphatic heterocycles. The highest BCUT2D eigenvalue weighted by Crippen LogP contribution is 2.31. The third kappa shape index (κ3) is 11.3. The zero-order valence-corrected chi connectivity index (χ0v) is 14.1. The van der Waals surface area contributed by atoms with Crippen molar-refractivity contribution in [3.63, 3.8) is 0 Å². The summed E-state index contributed by atoms with van der Waals surface area (Å²) in [6, 6.07) is 0. The fourth-order valence-corrected chi connectivity index (χ4v) is 1.36. The van der Waals surface area contributed by atoms with E-state index in [2.05, 4.69) is 26.2 Å². The molecule has 2 unspecified atom stereocenters. The van der Waals surface area contributed by atoms with Crippen molar-refractivity contribution in [2.24, 2.45) is 11.3 Å². The van der Waals surface area contributed by atoms with Gasteiger partial charge in [0.25, 0.3) is 0 Å². The zero-order chi connectivity index (χ0) is 15.9. The van der Waals surface area contributed by atoms with Crippen LogP contribution in [-0.2, 0) is 0 Å². The summed E-state index contributed by atoms with van der Waals surface area (Å²) in [5.41, 5.74) is 1.91. The van der Waals surface area contributed by atoms with Crippen molar-refractivity contribution >= 4 is 0 Å². The first-order valence-corrected chi connectivity index (χ1v) is 6.91. The van der Waals surface area contributed by atoms with Crippen molar-refractivity contribution in [3.05, 3.63) is 0 Å². The van der Waals surface area contributed by atoms with Gasteiger partial charge in [-0.2, -0.15) is 0 Å². The molecule has 5 nitrogen and oxygen atoms in total. The summed E-state index contributed by atoms with van der Waals surface area (Å²) in [4.78, 5) is 0. The van der Waals surface area contributed by atoms with Crippen LogP contribution < -0.4 is 11.3 Å². The van der Waals surface area contributed by atoms with Gasteiger partial charge >= 0.3 is 0 Å². The molecule has 0 bridgehead atoms. The van der Waals surface area contributed by atoms with E-state index in [9.17, 15) is 10.2 Å². The van der Waals surface area contributed by atoms with Gasteiger partial charge in [0.15, 0.2) is 0 Å². The Bertz CT molecular complexity index is 230. The predicted octanol–water partition coefficient (Wildman–Crippen LogP) is 0.710. The minimum absolute atomic E-state index is 0.00174. The molecule has 0 aliphatic carbocycles. The lowest BCUT2D eigenvalue weighted by molar-refractivity contribution is -0.873. The van der Waals surface area contributed by atoms with Gasteiger partial charge < -0.3 is 14.7 Å². The summed E-state index contributed by atoms with van der Waals surface area (Å²) in [6.45, 7) is 11.2. The van der Waals surface area contributed by atoms with Gasteiger partial charge in [-0.15, -0.1) is 0 Å². The maximum atomic E-state index is 9.66. The number of nitrogens with zero attached hydrogens (tertiary/aromatic N) is 1. The molecule has 0 saturated heterocycles. The van der Waals surface area contributed by atoms with Crippen molar-refractivity contribution in [2.75, 3.05) is 34.2 Å². The molecule has 0 aromatic carbocycles. The standard InChI is InChI=1S/C8H18O.C6H18N3O/c1-6-8(5,9)7(2,3)4;1-9(2,3)5-6(10)4-8-7/h9H,6H2,1-5H3;6,8,10H,4-5,7H2,1-3H3/q;+1. The van der Waals surface area contributed by atoms with E-state index >= 15 is 0 Å². The fraction of sp³-hybridized carbons (Fsp3) is 1.00. The van der Waals surface area contributed by atoms with Gasteiger partial charge in [-0.1, -0.05) is 27.7 Å². The van der Waals surface area contributed by atoms with Crippen molar-refractivity contribution in [3.8, 4) is 0 Å². The molecule has 5 heteroatoms. The van der Waals surface area contributed by atoms with E-state index < -0.39 is 5.60 Å². The molecular weight excluding hydrogens is 242 g/mol. The zero-order valence-electron chi connectivity index (χ0n) is 14.1. The molecule has 0 aromatic heterocycles. The fourth-order valence-electron chi connectivity index (χ4n) is 1.36. The first-order valence-electron chi connectivity index (χ1n) is 6.91. The summed E-state index contributed by atoms with van der Waals surface area (Å²) in [7, 11) is 6.08. The lowest BCUT2D eigenvalue weighted by Gasteiger charge is -2.36. The third-order valence-corrected chi connectivity index (χ3v) is 3.42. The number of hydrazine groups is 1. The Hall–Kier alpha value is -0.200.